The van der Waals surface area contributed by atoms with E-state index in [-0.39, 0.29) is 24.4 Å². The van der Waals surface area contributed by atoms with Gasteiger partial charge in [-0.25, -0.2) is 0 Å². The van der Waals surface area contributed by atoms with Gasteiger partial charge in [0.25, 0.3) is 5.91 Å². The Bertz CT molecular complexity index is 446. The van der Waals surface area contributed by atoms with Crippen LogP contribution in [-0.2, 0) is 0 Å². The maximum absolute atomic E-state index is 12.2. The molecule has 0 radical (unpaired) electrons. The molecule has 1 aliphatic rings. The largest absolute Gasteiger partial charge is 0.351 e. The summed E-state index contributed by atoms with van der Waals surface area (Å²) in [5, 5.41) is 7.06. The Morgan fingerprint density at radius 1 is 1.48 bits per heavy atom. The number of nitrogens with one attached hydrogen (secondary N) is 1. The molecule has 0 aliphatic heterocycles. The van der Waals surface area contributed by atoms with E-state index < -0.39 is 0 Å². The van der Waals surface area contributed by atoms with E-state index in [0.29, 0.717) is 24.1 Å². The molecule has 0 aromatic carbocycles. The Morgan fingerprint density at radius 2 is 2.19 bits per heavy atom. The highest BCUT2D eigenvalue weighted by molar-refractivity contribution is 5.91. The predicted octanol–water partition coefficient (Wildman–Crippen LogP) is 2.86. The molecule has 2 rings (SSSR count). The summed E-state index contributed by atoms with van der Waals surface area (Å²) in [6, 6.07) is 1.95. The lowest BCUT2D eigenvalue weighted by Gasteiger charge is -2.18. The van der Waals surface area contributed by atoms with Gasteiger partial charge in [-0.05, 0) is 38.1 Å². The zero-order chi connectivity index (χ0) is 14.5. The third kappa shape index (κ3) is 4.20. The van der Waals surface area contributed by atoms with Gasteiger partial charge in [-0.2, -0.15) is 0 Å². The molecule has 0 bridgehead atoms. The summed E-state index contributed by atoms with van der Waals surface area (Å²) in [6.45, 7) is 4.86. The molecule has 1 fully saturated rings. The molecule has 1 aliphatic carbocycles. The average molecular weight is 316 g/mol. The standard InChI is InChI=1S/C15H25N3O2.ClH/c1-3-10(4-2)13-8-14(20-18-13)15(19)17-12-7-5-6-11(12)9-16;/h8,10-12H,3-7,9,16H2,1-2H3,(H,17,19);1H. The summed E-state index contributed by atoms with van der Waals surface area (Å²) in [5.74, 6) is 0.901. The Labute approximate surface area is 132 Å². The van der Waals surface area contributed by atoms with Crippen LogP contribution in [0.15, 0.2) is 10.6 Å². The van der Waals surface area contributed by atoms with E-state index in [1.165, 1.54) is 0 Å². The average Bonchev–Trinajstić information content (AvgIpc) is 3.09. The minimum atomic E-state index is -0.167. The molecular formula is C15H26ClN3O2. The fraction of sp³-hybridized carbons (Fsp3) is 0.733. The second kappa shape index (κ2) is 8.39. The van der Waals surface area contributed by atoms with Gasteiger partial charge in [-0.3, -0.25) is 4.79 Å². The summed E-state index contributed by atoms with van der Waals surface area (Å²) in [6.07, 6.45) is 5.23. The van der Waals surface area contributed by atoms with Crippen LogP contribution in [0.2, 0.25) is 0 Å². The molecule has 5 nitrogen and oxygen atoms in total. The first-order valence-electron chi connectivity index (χ1n) is 7.67. The quantitative estimate of drug-likeness (QED) is 0.845. The summed E-state index contributed by atoms with van der Waals surface area (Å²) in [4.78, 5) is 12.2. The van der Waals surface area contributed by atoms with E-state index in [4.69, 9.17) is 10.3 Å². The molecule has 6 heteroatoms. The van der Waals surface area contributed by atoms with E-state index in [2.05, 4.69) is 24.3 Å². The zero-order valence-corrected chi connectivity index (χ0v) is 13.6. The predicted molar refractivity (Wildman–Crippen MR) is 84.7 cm³/mol. The number of hydrogen-bond acceptors (Lipinski definition) is 4. The van der Waals surface area contributed by atoms with Gasteiger partial charge in [-0.15, -0.1) is 12.4 Å². The fourth-order valence-corrected chi connectivity index (χ4v) is 3.04. The van der Waals surface area contributed by atoms with Gasteiger partial charge in [-0.1, -0.05) is 25.4 Å². The van der Waals surface area contributed by atoms with Crippen LogP contribution in [-0.4, -0.2) is 23.7 Å². The zero-order valence-electron chi connectivity index (χ0n) is 12.8. The highest BCUT2D eigenvalue weighted by Crippen LogP contribution is 2.26. The second-order valence-corrected chi connectivity index (χ2v) is 5.64. The number of nitrogens with two attached hydrogens (primary N) is 1. The maximum Gasteiger partial charge on any atom is 0.290 e. The van der Waals surface area contributed by atoms with Crippen molar-refractivity contribution in [3.8, 4) is 0 Å². The third-order valence-corrected chi connectivity index (χ3v) is 4.43. The summed E-state index contributed by atoms with van der Waals surface area (Å²) in [5.41, 5.74) is 6.61. The van der Waals surface area contributed by atoms with Gasteiger partial charge in [0.05, 0.1) is 5.69 Å². The summed E-state index contributed by atoms with van der Waals surface area (Å²) < 4.78 is 5.20. The van der Waals surface area contributed by atoms with Gasteiger partial charge in [0, 0.05) is 18.0 Å². The molecule has 120 valence electrons. The SMILES string of the molecule is CCC(CC)c1cc(C(=O)NC2CCCC2CN)on1.Cl. The molecule has 0 saturated heterocycles. The van der Waals surface area contributed by atoms with Crippen LogP contribution in [0.5, 0.6) is 0 Å². The van der Waals surface area contributed by atoms with Gasteiger partial charge in [0.1, 0.15) is 0 Å². The van der Waals surface area contributed by atoms with Gasteiger partial charge >= 0.3 is 0 Å². The molecule has 1 amide bonds. The molecule has 1 saturated carbocycles. The van der Waals surface area contributed by atoms with E-state index in [1.54, 1.807) is 6.07 Å². The number of halogens is 1. The molecule has 21 heavy (non-hydrogen) atoms. The Morgan fingerprint density at radius 3 is 2.81 bits per heavy atom. The van der Waals surface area contributed by atoms with E-state index >= 15 is 0 Å². The summed E-state index contributed by atoms with van der Waals surface area (Å²) >= 11 is 0. The molecule has 3 N–H and O–H groups in total. The van der Waals surface area contributed by atoms with Crippen molar-refractivity contribution < 1.29 is 9.32 Å². The summed E-state index contributed by atoms with van der Waals surface area (Å²) in [7, 11) is 0. The number of carbonyl (C=O) groups is 1. The Hall–Kier alpha value is -1.07. The number of rotatable bonds is 6. The van der Waals surface area contributed by atoms with Gasteiger partial charge < -0.3 is 15.6 Å². The molecule has 1 aromatic heterocycles. The number of nitrogens with zero attached hydrogens (tertiary/aromatic N) is 1. The smallest absolute Gasteiger partial charge is 0.290 e. The van der Waals surface area contributed by atoms with Crippen molar-refractivity contribution in [1.29, 1.82) is 0 Å². The molecular weight excluding hydrogens is 290 g/mol. The first kappa shape index (κ1) is 18.0. The second-order valence-electron chi connectivity index (χ2n) is 5.64. The lowest BCUT2D eigenvalue weighted by atomic mass is 9.99. The number of carbonyl (C=O) groups excluding carboxylic acids is 1. The van der Waals surface area contributed by atoms with Crippen molar-refractivity contribution in [1.82, 2.24) is 10.5 Å². The van der Waals surface area contributed by atoms with E-state index in [9.17, 15) is 4.79 Å². The van der Waals surface area contributed by atoms with Crippen LogP contribution in [0.25, 0.3) is 0 Å². The number of aromatic nitrogens is 1. The van der Waals surface area contributed by atoms with Crippen LogP contribution in [0.4, 0.5) is 0 Å². The first-order chi connectivity index (χ1) is 9.69. The van der Waals surface area contributed by atoms with Crippen molar-refractivity contribution in [2.45, 2.75) is 57.9 Å². The highest BCUT2D eigenvalue weighted by Gasteiger charge is 2.28. The van der Waals surface area contributed by atoms with Gasteiger partial charge in [0.2, 0.25) is 5.76 Å². The number of amides is 1. The monoisotopic (exact) mass is 315 g/mol. The van der Waals surface area contributed by atoms with Crippen LogP contribution in [0.1, 0.15) is 68.1 Å². The lowest BCUT2D eigenvalue weighted by molar-refractivity contribution is 0.0891. The molecule has 1 aromatic rings. The minimum Gasteiger partial charge on any atom is -0.351 e. The fourth-order valence-electron chi connectivity index (χ4n) is 3.04. The third-order valence-electron chi connectivity index (χ3n) is 4.43. The molecule has 1 heterocycles. The van der Waals surface area contributed by atoms with Crippen LogP contribution < -0.4 is 11.1 Å². The molecule has 0 spiro atoms. The molecule has 2 atom stereocenters. The van der Waals surface area contributed by atoms with E-state index in [0.717, 1.165) is 37.8 Å². The highest BCUT2D eigenvalue weighted by atomic mass is 35.5. The molecule has 2 unspecified atom stereocenters. The normalized spacial score (nSPS) is 21.3. The van der Waals surface area contributed by atoms with Gasteiger partial charge in [0.15, 0.2) is 0 Å². The Balaban J connectivity index is 0.00000220. The van der Waals surface area contributed by atoms with Crippen LogP contribution in [0, 0.1) is 5.92 Å². The Kier molecular flexibility index (Phi) is 7.18. The van der Waals surface area contributed by atoms with Crippen molar-refractivity contribution >= 4 is 18.3 Å². The van der Waals surface area contributed by atoms with Crippen molar-refractivity contribution in [2.24, 2.45) is 11.7 Å². The van der Waals surface area contributed by atoms with Crippen molar-refractivity contribution in [2.75, 3.05) is 6.54 Å². The maximum atomic E-state index is 12.2. The topological polar surface area (TPSA) is 81.2 Å². The van der Waals surface area contributed by atoms with Crippen molar-refractivity contribution in [3.63, 3.8) is 0 Å². The number of hydrogen-bond donors (Lipinski definition) is 2. The first-order valence-corrected chi connectivity index (χ1v) is 7.67. The van der Waals surface area contributed by atoms with Crippen molar-refractivity contribution in [3.05, 3.63) is 17.5 Å². The lowest BCUT2D eigenvalue weighted by Crippen LogP contribution is -2.39. The van der Waals surface area contributed by atoms with E-state index in [1.807, 2.05) is 0 Å². The van der Waals surface area contributed by atoms with Crippen LogP contribution >= 0.6 is 12.4 Å². The van der Waals surface area contributed by atoms with Crippen LogP contribution in [0.3, 0.4) is 0 Å². The minimum absolute atomic E-state index is 0.